The molecule has 1 N–H and O–H groups in total. The van der Waals surface area contributed by atoms with Crippen molar-refractivity contribution < 1.29 is 19.1 Å². The third-order valence-electron chi connectivity index (χ3n) is 4.27. The van der Waals surface area contributed by atoms with Gasteiger partial charge in [0.05, 0.1) is 12.1 Å². The summed E-state index contributed by atoms with van der Waals surface area (Å²) in [5.74, 6) is 0.608. The number of ketones is 1. The molecule has 0 saturated carbocycles. The van der Waals surface area contributed by atoms with Crippen molar-refractivity contribution >= 4 is 29.0 Å². The third kappa shape index (κ3) is 5.15. The molecule has 0 bridgehead atoms. The van der Waals surface area contributed by atoms with Crippen LogP contribution in [0.4, 0.5) is 5.69 Å². The second kappa shape index (κ2) is 9.26. The summed E-state index contributed by atoms with van der Waals surface area (Å²) in [6.07, 6.45) is -0.889. The lowest BCUT2D eigenvalue weighted by atomic mass is 10.1. The van der Waals surface area contributed by atoms with Crippen LogP contribution >= 0.6 is 11.6 Å². The molecule has 3 aromatic rings. The Balaban J connectivity index is 1.84. The fraction of sp³-hybridized carbons (Fsp3) is 0.130. The van der Waals surface area contributed by atoms with Gasteiger partial charge in [-0.1, -0.05) is 41.9 Å². The lowest BCUT2D eigenvalue weighted by molar-refractivity contribution is -0.123. The van der Waals surface area contributed by atoms with E-state index >= 15 is 0 Å². The zero-order chi connectivity index (χ0) is 20.8. The maximum atomic E-state index is 13.0. The molecule has 29 heavy (non-hydrogen) atoms. The number of rotatable bonds is 7. The molecule has 0 aliphatic rings. The molecule has 0 aromatic heterocycles. The number of nitrogens with one attached hydrogen (secondary N) is 1. The van der Waals surface area contributed by atoms with Crippen LogP contribution in [0.15, 0.2) is 72.8 Å². The van der Waals surface area contributed by atoms with Crippen molar-refractivity contribution in [1.29, 1.82) is 0 Å². The number of hydrogen-bond donors (Lipinski definition) is 1. The SMILES string of the molecule is COc1ccc(NC(=O)[C@@H](Oc2ccc(C(C)=O)cc2)c2ccccc2)cc1Cl. The van der Waals surface area contributed by atoms with Gasteiger partial charge in [0, 0.05) is 16.8 Å². The van der Waals surface area contributed by atoms with E-state index in [0.717, 1.165) is 0 Å². The number of benzene rings is 3. The molecule has 1 amide bonds. The van der Waals surface area contributed by atoms with Gasteiger partial charge in [-0.3, -0.25) is 9.59 Å². The van der Waals surface area contributed by atoms with Gasteiger partial charge in [-0.15, -0.1) is 0 Å². The molecule has 0 heterocycles. The number of hydrogen-bond acceptors (Lipinski definition) is 4. The van der Waals surface area contributed by atoms with Crippen LogP contribution in [0.3, 0.4) is 0 Å². The number of methoxy groups -OCH3 is 1. The first-order valence-electron chi connectivity index (χ1n) is 8.95. The molecule has 0 aliphatic carbocycles. The van der Waals surface area contributed by atoms with Gasteiger partial charge in [0.2, 0.25) is 6.10 Å². The topological polar surface area (TPSA) is 64.6 Å². The van der Waals surface area contributed by atoms with E-state index in [0.29, 0.717) is 33.3 Å². The Labute approximate surface area is 174 Å². The zero-order valence-corrected chi connectivity index (χ0v) is 16.8. The Hall–Kier alpha value is -3.31. The van der Waals surface area contributed by atoms with Gasteiger partial charge in [-0.2, -0.15) is 0 Å². The van der Waals surface area contributed by atoms with Crippen LogP contribution in [0, 0.1) is 0 Å². The maximum absolute atomic E-state index is 13.0. The summed E-state index contributed by atoms with van der Waals surface area (Å²) < 4.78 is 11.1. The second-order valence-corrected chi connectivity index (χ2v) is 6.73. The van der Waals surface area contributed by atoms with Crippen molar-refractivity contribution in [1.82, 2.24) is 0 Å². The van der Waals surface area contributed by atoms with E-state index in [1.165, 1.54) is 14.0 Å². The Kier molecular flexibility index (Phi) is 6.52. The molecule has 0 unspecified atom stereocenters. The average Bonchev–Trinajstić information content (AvgIpc) is 2.73. The highest BCUT2D eigenvalue weighted by Crippen LogP contribution is 2.29. The molecule has 1 atom stereocenters. The van der Waals surface area contributed by atoms with Gasteiger partial charge >= 0.3 is 0 Å². The fourth-order valence-corrected chi connectivity index (χ4v) is 3.01. The molecule has 0 radical (unpaired) electrons. The second-order valence-electron chi connectivity index (χ2n) is 6.33. The molecule has 3 rings (SSSR count). The lowest BCUT2D eigenvalue weighted by Gasteiger charge is -2.19. The van der Waals surface area contributed by atoms with E-state index < -0.39 is 6.10 Å². The van der Waals surface area contributed by atoms with Gasteiger partial charge in [-0.25, -0.2) is 0 Å². The molecule has 0 spiro atoms. The summed E-state index contributed by atoms with van der Waals surface area (Å²) in [6.45, 7) is 1.50. The fourth-order valence-electron chi connectivity index (χ4n) is 2.76. The normalized spacial score (nSPS) is 11.4. The van der Waals surface area contributed by atoms with Crippen molar-refractivity contribution in [2.75, 3.05) is 12.4 Å². The minimum atomic E-state index is -0.889. The summed E-state index contributed by atoms with van der Waals surface area (Å²) >= 11 is 6.14. The van der Waals surface area contributed by atoms with Crippen LogP contribution in [0.2, 0.25) is 5.02 Å². The predicted octanol–water partition coefficient (Wildman–Crippen LogP) is 5.31. The molecule has 0 saturated heterocycles. The number of carbonyl (C=O) groups is 2. The van der Waals surface area contributed by atoms with Crippen molar-refractivity contribution in [2.45, 2.75) is 13.0 Å². The van der Waals surface area contributed by atoms with E-state index in [1.807, 2.05) is 30.3 Å². The summed E-state index contributed by atoms with van der Waals surface area (Å²) in [6, 6.07) is 20.8. The summed E-state index contributed by atoms with van der Waals surface area (Å²) in [5.41, 5.74) is 1.79. The van der Waals surface area contributed by atoms with E-state index in [9.17, 15) is 9.59 Å². The third-order valence-corrected chi connectivity index (χ3v) is 4.57. The van der Waals surface area contributed by atoms with Crippen LogP contribution < -0.4 is 14.8 Å². The molecule has 6 heteroatoms. The summed E-state index contributed by atoms with van der Waals surface area (Å²) in [7, 11) is 1.52. The van der Waals surface area contributed by atoms with Crippen LogP contribution in [0.1, 0.15) is 28.9 Å². The Bertz CT molecular complexity index is 1000. The quantitative estimate of drug-likeness (QED) is 0.537. The van der Waals surface area contributed by atoms with Crippen molar-refractivity contribution in [3.8, 4) is 11.5 Å². The van der Waals surface area contributed by atoms with Crippen LogP contribution in [0.5, 0.6) is 11.5 Å². The number of amides is 1. The number of halogens is 1. The van der Waals surface area contributed by atoms with Crippen LogP contribution in [-0.2, 0) is 4.79 Å². The monoisotopic (exact) mass is 409 g/mol. The zero-order valence-electron chi connectivity index (χ0n) is 16.0. The number of ether oxygens (including phenoxy) is 2. The lowest BCUT2D eigenvalue weighted by Crippen LogP contribution is -2.25. The highest BCUT2D eigenvalue weighted by Gasteiger charge is 2.23. The predicted molar refractivity (Wildman–Crippen MR) is 113 cm³/mol. The summed E-state index contributed by atoms with van der Waals surface area (Å²) in [4.78, 5) is 24.5. The Morgan fingerprint density at radius 1 is 0.966 bits per heavy atom. The highest BCUT2D eigenvalue weighted by molar-refractivity contribution is 6.32. The van der Waals surface area contributed by atoms with Crippen LogP contribution in [-0.4, -0.2) is 18.8 Å². The van der Waals surface area contributed by atoms with E-state index in [-0.39, 0.29) is 11.7 Å². The largest absolute Gasteiger partial charge is 0.495 e. The van der Waals surface area contributed by atoms with E-state index in [1.54, 1.807) is 42.5 Å². The van der Waals surface area contributed by atoms with Gasteiger partial charge in [0.15, 0.2) is 5.78 Å². The van der Waals surface area contributed by atoms with E-state index in [4.69, 9.17) is 21.1 Å². The van der Waals surface area contributed by atoms with Gasteiger partial charge in [0.25, 0.3) is 5.91 Å². The highest BCUT2D eigenvalue weighted by atomic mass is 35.5. The van der Waals surface area contributed by atoms with Crippen molar-refractivity contribution in [2.24, 2.45) is 0 Å². The van der Waals surface area contributed by atoms with Crippen molar-refractivity contribution in [3.63, 3.8) is 0 Å². The molecule has 0 fully saturated rings. The molecule has 5 nitrogen and oxygen atoms in total. The minimum absolute atomic E-state index is 0.0368. The van der Waals surface area contributed by atoms with E-state index in [2.05, 4.69) is 5.32 Å². The van der Waals surface area contributed by atoms with Crippen LogP contribution in [0.25, 0.3) is 0 Å². The van der Waals surface area contributed by atoms with Crippen molar-refractivity contribution in [3.05, 3.63) is 88.9 Å². The minimum Gasteiger partial charge on any atom is -0.495 e. The number of anilines is 1. The Morgan fingerprint density at radius 2 is 1.66 bits per heavy atom. The molecule has 148 valence electrons. The molecular formula is C23H20ClNO4. The number of Topliss-reactive ketones (excluding diaryl/α,β-unsaturated/α-hetero) is 1. The smallest absolute Gasteiger partial charge is 0.270 e. The number of carbonyl (C=O) groups excluding carboxylic acids is 2. The molecule has 3 aromatic carbocycles. The van der Waals surface area contributed by atoms with Gasteiger partial charge in [-0.05, 0) is 49.4 Å². The first-order valence-corrected chi connectivity index (χ1v) is 9.32. The first kappa shape index (κ1) is 20.4. The standard InChI is InChI=1S/C23H20ClNO4/c1-15(26)16-8-11-19(12-9-16)29-22(17-6-4-3-5-7-17)23(27)25-18-10-13-21(28-2)20(24)14-18/h3-14,22H,1-2H3,(H,25,27)/t22-/m0/s1. The molecular weight excluding hydrogens is 390 g/mol. The van der Waals surface area contributed by atoms with Gasteiger partial charge < -0.3 is 14.8 Å². The van der Waals surface area contributed by atoms with Gasteiger partial charge in [0.1, 0.15) is 11.5 Å². The Morgan fingerprint density at radius 3 is 2.24 bits per heavy atom. The first-order chi connectivity index (χ1) is 14.0. The summed E-state index contributed by atoms with van der Waals surface area (Å²) in [5, 5.41) is 3.22. The molecule has 0 aliphatic heterocycles. The maximum Gasteiger partial charge on any atom is 0.270 e. The average molecular weight is 410 g/mol.